The second-order valence-corrected chi connectivity index (χ2v) is 3.79. The van der Waals surface area contributed by atoms with Crippen LogP contribution >= 0.6 is 0 Å². The molecule has 2 nitrogen and oxygen atoms in total. The molecule has 0 spiro atoms. The predicted octanol–water partition coefficient (Wildman–Crippen LogP) is 1.96. The van der Waals surface area contributed by atoms with E-state index in [9.17, 15) is 0 Å². The van der Waals surface area contributed by atoms with E-state index in [2.05, 4.69) is 17.4 Å². The topological polar surface area (TPSA) is 21.3 Å². The van der Waals surface area contributed by atoms with Gasteiger partial charge in [-0.25, -0.2) is 0 Å². The zero-order chi connectivity index (χ0) is 9.64. The van der Waals surface area contributed by atoms with Crippen molar-refractivity contribution >= 4 is 0 Å². The van der Waals surface area contributed by atoms with Gasteiger partial charge in [-0.15, -0.1) is 0 Å². The summed E-state index contributed by atoms with van der Waals surface area (Å²) in [5.74, 6) is 0. The molecule has 76 valence electrons. The lowest BCUT2D eigenvalue weighted by atomic mass is 10.2. The van der Waals surface area contributed by atoms with Gasteiger partial charge in [0.2, 0.25) is 0 Å². The van der Waals surface area contributed by atoms with E-state index in [1.54, 1.807) is 0 Å². The highest BCUT2D eigenvalue weighted by atomic mass is 16.5. The van der Waals surface area contributed by atoms with Crippen molar-refractivity contribution in [2.45, 2.75) is 25.5 Å². The van der Waals surface area contributed by atoms with Gasteiger partial charge in [0.15, 0.2) is 0 Å². The Morgan fingerprint density at radius 3 is 2.86 bits per heavy atom. The summed E-state index contributed by atoms with van der Waals surface area (Å²) in [7, 11) is 0. The molecule has 1 aromatic rings. The zero-order valence-electron chi connectivity index (χ0n) is 8.41. The first-order valence-corrected chi connectivity index (χ1v) is 5.30. The standard InChI is InChI=1S/C12H17NO/c1-2-5-11(6-3-1)9-14-10-12-7-4-8-13-12/h1-3,5-6,12-13H,4,7-10H2. The second-order valence-electron chi connectivity index (χ2n) is 3.79. The van der Waals surface area contributed by atoms with Gasteiger partial charge in [-0.1, -0.05) is 30.3 Å². The predicted molar refractivity (Wildman–Crippen MR) is 57.1 cm³/mol. The molecule has 0 bridgehead atoms. The van der Waals surface area contributed by atoms with Crippen LogP contribution in [0.1, 0.15) is 18.4 Å². The number of nitrogens with one attached hydrogen (secondary N) is 1. The van der Waals surface area contributed by atoms with Gasteiger partial charge in [0.1, 0.15) is 0 Å². The van der Waals surface area contributed by atoms with Crippen molar-refractivity contribution in [2.24, 2.45) is 0 Å². The molecule has 1 aliphatic rings. The van der Waals surface area contributed by atoms with Crippen molar-refractivity contribution in [3.05, 3.63) is 35.9 Å². The monoisotopic (exact) mass is 191 g/mol. The van der Waals surface area contributed by atoms with Crippen LogP contribution in [0.3, 0.4) is 0 Å². The van der Waals surface area contributed by atoms with E-state index in [4.69, 9.17) is 4.74 Å². The molecule has 0 radical (unpaired) electrons. The summed E-state index contributed by atoms with van der Waals surface area (Å²) in [6, 6.07) is 10.9. The summed E-state index contributed by atoms with van der Waals surface area (Å²) in [6.45, 7) is 2.73. The maximum atomic E-state index is 5.64. The quantitative estimate of drug-likeness (QED) is 0.785. The third-order valence-electron chi connectivity index (χ3n) is 2.59. The van der Waals surface area contributed by atoms with Crippen LogP contribution in [0.15, 0.2) is 30.3 Å². The smallest absolute Gasteiger partial charge is 0.0717 e. The molecule has 1 heterocycles. The van der Waals surface area contributed by atoms with Gasteiger partial charge in [-0.3, -0.25) is 0 Å². The minimum atomic E-state index is 0.582. The molecule has 0 aliphatic carbocycles. The summed E-state index contributed by atoms with van der Waals surface area (Å²) in [5, 5.41) is 3.42. The number of rotatable bonds is 4. The summed E-state index contributed by atoms with van der Waals surface area (Å²) >= 11 is 0. The van der Waals surface area contributed by atoms with E-state index in [1.807, 2.05) is 18.2 Å². The largest absolute Gasteiger partial charge is 0.375 e. The van der Waals surface area contributed by atoms with Crippen molar-refractivity contribution in [2.75, 3.05) is 13.2 Å². The molecule has 0 saturated carbocycles. The average molecular weight is 191 g/mol. The minimum Gasteiger partial charge on any atom is -0.375 e. The van der Waals surface area contributed by atoms with Gasteiger partial charge in [0, 0.05) is 6.04 Å². The number of hydrogen-bond acceptors (Lipinski definition) is 2. The third-order valence-corrected chi connectivity index (χ3v) is 2.59. The van der Waals surface area contributed by atoms with E-state index >= 15 is 0 Å². The van der Waals surface area contributed by atoms with Crippen LogP contribution in [0.2, 0.25) is 0 Å². The highest BCUT2D eigenvalue weighted by molar-refractivity contribution is 5.13. The molecule has 1 saturated heterocycles. The van der Waals surface area contributed by atoms with Crippen molar-refractivity contribution in [1.29, 1.82) is 0 Å². The first-order valence-electron chi connectivity index (χ1n) is 5.30. The van der Waals surface area contributed by atoms with Gasteiger partial charge in [-0.2, -0.15) is 0 Å². The Morgan fingerprint density at radius 2 is 2.14 bits per heavy atom. The van der Waals surface area contributed by atoms with E-state index < -0.39 is 0 Å². The molecule has 1 aromatic carbocycles. The third kappa shape index (κ3) is 2.82. The highest BCUT2D eigenvalue weighted by Gasteiger charge is 2.13. The van der Waals surface area contributed by atoms with E-state index in [0.717, 1.165) is 19.8 Å². The summed E-state index contributed by atoms with van der Waals surface area (Å²) in [4.78, 5) is 0. The molecule has 1 fully saturated rings. The molecule has 0 aromatic heterocycles. The Kier molecular flexibility index (Phi) is 3.55. The molecule has 14 heavy (non-hydrogen) atoms. The lowest BCUT2D eigenvalue weighted by Crippen LogP contribution is -2.26. The Hall–Kier alpha value is -0.860. The van der Waals surface area contributed by atoms with Crippen LogP contribution in [0, 0.1) is 0 Å². The highest BCUT2D eigenvalue weighted by Crippen LogP contribution is 2.07. The van der Waals surface area contributed by atoms with Crippen molar-refractivity contribution in [3.63, 3.8) is 0 Å². The van der Waals surface area contributed by atoms with Crippen LogP contribution in [-0.4, -0.2) is 19.2 Å². The lowest BCUT2D eigenvalue weighted by molar-refractivity contribution is 0.103. The van der Waals surface area contributed by atoms with E-state index in [-0.39, 0.29) is 0 Å². The Balaban J connectivity index is 1.67. The Bertz CT molecular complexity index is 254. The fraction of sp³-hybridized carbons (Fsp3) is 0.500. The number of benzene rings is 1. The summed E-state index contributed by atoms with van der Waals surface area (Å²) in [5.41, 5.74) is 1.26. The van der Waals surface area contributed by atoms with Crippen LogP contribution in [0.25, 0.3) is 0 Å². The Morgan fingerprint density at radius 1 is 1.29 bits per heavy atom. The lowest BCUT2D eigenvalue weighted by Gasteiger charge is -2.10. The summed E-state index contributed by atoms with van der Waals surface area (Å²) in [6.07, 6.45) is 2.55. The normalized spacial score (nSPS) is 21.3. The van der Waals surface area contributed by atoms with Crippen LogP contribution in [-0.2, 0) is 11.3 Å². The fourth-order valence-electron chi connectivity index (χ4n) is 1.79. The average Bonchev–Trinajstić information content (AvgIpc) is 2.72. The fourth-order valence-corrected chi connectivity index (χ4v) is 1.79. The maximum absolute atomic E-state index is 5.64. The van der Waals surface area contributed by atoms with Crippen molar-refractivity contribution in [1.82, 2.24) is 5.32 Å². The number of ether oxygens (including phenoxy) is 1. The molecule has 2 heteroatoms. The molecule has 2 rings (SSSR count). The Labute approximate surface area is 85.3 Å². The number of hydrogen-bond donors (Lipinski definition) is 1. The summed E-state index contributed by atoms with van der Waals surface area (Å²) < 4.78 is 5.64. The second kappa shape index (κ2) is 5.13. The molecular formula is C12H17NO. The molecule has 1 atom stereocenters. The van der Waals surface area contributed by atoms with E-state index in [1.165, 1.54) is 18.4 Å². The van der Waals surface area contributed by atoms with Gasteiger partial charge < -0.3 is 10.1 Å². The van der Waals surface area contributed by atoms with E-state index in [0.29, 0.717) is 6.04 Å². The van der Waals surface area contributed by atoms with Crippen molar-refractivity contribution < 1.29 is 4.74 Å². The van der Waals surface area contributed by atoms with Gasteiger partial charge in [0.05, 0.1) is 13.2 Å². The molecule has 1 aliphatic heterocycles. The van der Waals surface area contributed by atoms with Crippen molar-refractivity contribution in [3.8, 4) is 0 Å². The van der Waals surface area contributed by atoms with Gasteiger partial charge in [0.25, 0.3) is 0 Å². The van der Waals surface area contributed by atoms with Gasteiger partial charge in [-0.05, 0) is 24.9 Å². The minimum absolute atomic E-state index is 0.582. The first kappa shape index (κ1) is 9.69. The van der Waals surface area contributed by atoms with Crippen LogP contribution < -0.4 is 5.32 Å². The SMILES string of the molecule is c1ccc(COCC2CCCN2)cc1. The first-order chi connectivity index (χ1) is 6.95. The van der Waals surface area contributed by atoms with Gasteiger partial charge >= 0.3 is 0 Å². The molecule has 0 amide bonds. The van der Waals surface area contributed by atoms with Crippen LogP contribution in [0.5, 0.6) is 0 Å². The van der Waals surface area contributed by atoms with Crippen LogP contribution in [0.4, 0.5) is 0 Å². The molecule has 1 N–H and O–H groups in total. The molecule has 1 unspecified atom stereocenters. The zero-order valence-corrected chi connectivity index (χ0v) is 8.41. The molecular weight excluding hydrogens is 174 g/mol. The maximum Gasteiger partial charge on any atom is 0.0717 e.